The lowest BCUT2D eigenvalue weighted by Crippen LogP contribution is -2.59. The second-order valence-electron chi connectivity index (χ2n) is 7.92. The first-order valence-corrected chi connectivity index (χ1v) is 20.1. The van der Waals surface area contributed by atoms with E-state index in [0.717, 1.165) is 49.9 Å². The van der Waals surface area contributed by atoms with Crippen molar-refractivity contribution < 1.29 is 21.9 Å². The third-order valence-electron chi connectivity index (χ3n) is 4.14. The normalized spacial score (nSPS) is 21.8. The highest BCUT2D eigenvalue weighted by Crippen LogP contribution is 2.31. The quantitative estimate of drug-likeness (QED) is 0.385. The molecule has 0 aliphatic heterocycles. The van der Waals surface area contributed by atoms with E-state index in [9.17, 15) is 9.59 Å². The van der Waals surface area contributed by atoms with E-state index in [0.29, 0.717) is 0 Å². The van der Waals surface area contributed by atoms with Crippen LogP contribution in [0.25, 0.3) is 0 Å². The molecule has 0 amide bonds. The van der Waals surface area contributed by atoms with E-state index in [1.165, 1.54) is 0 Å². The van der Waals surface area contributed by atoms with Gasteiger partial charge >= 0.3 is 34.2 Å². The highest BCUT2D eigenvalue weighted by Gasteiger charge is 2.48. The summed E-state index contributed by atoms with van der Waals surface area (Å²) in [4.78, 5) is 21.5. The zero-order chi connectivity index (χ0) is 19.8. The molecule has 0 aromatic heterocycles. The summed E-state index contributed by atoms with van der Waals surface area (Å²) in [5.74, 6) is 0. The molecule has 0 aliphatic carbocycles. The van der Waals surface area contributed by atoms with E-state index in [-0.39, 0.29) is 0 Å². The Morgan fingerprint density at radius 2 is 0.800 bits per heavy atom. The van der Waals surface area contributed by atoms with Crippen molar-refractivity contribution >= 4 is 34.2 Å². The van der Waals surface area contributed by atoms with Crippen molar-refractivity contribution in [2.24, 2.45) is 0 Å². The monoisotopic (exact) mass is 426 g/mol. The van der Waals surface area contributed by atoms with E-state index < -0.39 is 34.2 Å². The van der Waals surface area contributed by atoms with Gasteiger partial charge in [-0.15, -0.1) is 0 Å². The van der Waals surface area contributed by atoms with Crippen LogP contribution in [-0.4, -0.2) is 43.8 Å². The Labute approximate surface area is 160 Å². The largest absolute Gasteiger partial charge is 0.416 e. The molecule has 0 radical (unpaired) electrons. The van der Waals surface area contributed by atoms with Gasteiger partial charge in [-0.25, -0.2) is 0 Å². The molecule has 0 aromatic carbocycles. The molecule has 0 saturated heterocycles. The minimum atomic E-state index is -2.72. The van der Waals surface area contributed by atoms with Gasteiger partial charge < -0.3 is 21.9 Å². The van der Waals surface area contributed by atoms with Gasteiger partial charge in [-0.2, -0.15) is 0 Å². The molecule has 0 heterocycles. The SMILES string of the molecule is CCC[Si](C)(O)O[Si](C)(CCC)O[Si](C)(CCC)O[Si](C)(O)CCC. The van der Waals surface area contributed by atoms with Crippen molar-refractivity contribution in [1.82, 2.24) is 0 Å². The van der Waals surface area contributed by atoms with Gasteiger partial charge in [0, 0.05) is 0 Å². The first kappa shape index (κ1) is 25.7. The van der Waals surface area contributed by atoms with Crippen molar-refractivity contribution in [3.05, 3.63) is 0 Å². The molecule has 4 atom stereocenters. The first-order chi connectivity index (χ1) is 11.4. The Balaban J connectivity index is 5.41. The summed E-state index contributed by atoms with van der Waals surface area (Å²) >= 11 is 0. The van der Waals surface area contributed by atoms with Crippen LogP contribution >= 0.6 is 0 Å². The Morgan fingerprint density at radius 3 is 1.04 bits per heavy atom. The van der Waals surface area contributed by atoms with Crippen molar-refractivity contribution in [1.29, 1.82) is 0 Å². The molecule has 4 unspecified atom stereocenters. The second kappa shape index (κ2) is 10.9. The fourth-order valence-electron chi connectivity index (χ4n) is 3.57. The molecular formula is C16H42O5Si4. The molecule has 152 valence electrons. The van der Waals surface area contributed by atoms with Gasteiger partial charge in [-0.1, -0.05) is 53.4 Å². The second-order valence-corrected chi connectivity index (χ2v) is 21.6. The Morgan fingerprint density at radius 1 is 0.520 bits per heavy atom. The molecule has 0 rings (SSSR count). The van der Waals surface area contributed by atoms with Gasteiger partial charge in [-0.05, 0) is 50.4 Å². The predicted octanol–water partition coefficient (Wildman–Crippen LogP) is 4.95. The topological polar surface area (TPSA) is 68.2 Å². The van der Waals surface area contributed by atoms with Gasteiger partial charge in [0.15, 0.2) is 0 Å². The minimum absolute atomic E-state index is 0.720. The smallest absolute Gasteiger partial charge is 0.323 e. The van der Waals surface area contributed by atoms with Gasteiger partial charge in [0.05, 0.1) is 0 Å². The number of rotatable bonds is 14. The lowest BCUT2D eigenvalue weighted by atomic mass is 10.6. The van der Waals surface area contributed by atoms with Crippen LogP contribution in [0.4, 0.5) is 0 Å². The molecule has 0 bridgehead atoms. The van der Waals surface area contributed by atoms with E-state index in [2.05, 4.69) is 40.8 Å². The van der Waals surface area contributed by atoms with E-state index in [1.54, 1.807) is 0 Å². The van der Waals surface area contributed by atoms with E-state index in [1.807, 2.05) is 13.1 Å². The fraction of sp³-hybridized carbons (Fsp3) is 1.00. The zero-order valence-electron chi connectivity index (χ0n) is 17.8. The molecule has 0 saturated carbocycles. The average Bonchev–Trinajstić information content (AvgIpc) is 2.35. The maximum atomic E-state index is 10.7. The van der Waals surface area contributed by atoms with Crippen LogP contribution in [0.5, 0.6) is 0 Å². The van der Waals surface area contributed by atoms with Crippen LogP contribution in [0.1, 0.15) is 53.4 Å². The van der Waals surface area contributed by atoms with Gasteiger partial charge in [0.25, 0.3) is 0 Å². The summed E-state index contributed by atoms with van der Waals surface area (Å²) in [7, 11) is -10.6. The summed E-state index contributed by atoms with van der Waals surface area (Å²) in [5.41, 5.74) is 0. The Kier molecular flexibility index (Phi) is 11.2. The van der Waals surface area contributed by atoms with Crippen LogP contribution in [-0.2, 0) is 12.3 Å². The minimum Gasteiger partial charge on any atom is -0.416 e. The van der Waals surface area contributed by atoms with Crippen LogP contribution in [0.2, 0.25) is 50.4 Å². The lowest BCUT2D eigenvalue weighted by molar-refractivity contribution is 0.262. The number of hydrogen-bond donors (Lipinski definition) is 2. The fourth-order valence-corrected chi connectivity index (χ4v) is 21.9. The molecule has 0 aliphatic rings. The molecule has 0 aromatic rings. The van der Waals surface area contributed by atoms with E-state index in [4.69, 9.17) is 12.3 Å². The van der Waals surface area contributed by atoms with E-state index >= 15 is 0 Å². The van der Waals surface area contributed by atoms with Gasteiger partial charge in [-0.3, -0.25) is 0 Å². The lowest BCUT2D eigenvalue weighted by Gasteiger charge is -2.42. The highest BCUT2D eigenvalue weighted by molar-refractivity contribution is 6.88. The summed E-state index contributed by atoms with van der Waals surface area (Å²) in [6, 6.07) is 3.12. The molecule has 2 N–H and O–H groups in total. The van der Waals surface area contributed by atoms with Crippen molar-refractivity contribution in [2.75, 3.05) is 0 Å². The predicted molar refractivity (Wildman–Crippen MR) is 115 cm³/mol. The average molecular weight is 427 g/mol. The third kappa shape index (κ3) is 10.5. The first-order valence-electron chi connectivity index (χ1n) is 9.91. The summed E-state index contributed by atoms with van der Waals surface area (Å²) in [6.07, 6.45) is 3.74. The third-order valence-corrected chi connectivity index (χ3v) is 20.2. The molecule has 5 nitrogen and oxygen atoms in total. The number of hydrogen-bond acceptors (Lipinski definition) is 5. The highest BCUT2D eigenvalue weighted by atomic mass is 28.5. The van der Waals surface area contributed by atoms with Crippen molar-refractivity contribution in [3.8, 4) is 0 Å². The Hall–Kier alpha value is 0.668. The van der Waals surface area contributed by atoms with Crippen LogP contribution in [0.3, 0.4) is 0 Å². The molecule has 25 heavy (non-hydrogen) atoms. The summed E-state index contributed by atoms with van der Waals surface area (Å²) < 4.78 is 19.3. The van der Waals surface area contributed by atoms with Crippen LogP contribution < -0.4 is 0 Å². The maximum Gasteiger partial charge on any atom is 0.323 e. The molecule has 0 fully saturated rings. The summed E-state index contributed by atoms with van der Waals surface area (Å²) in [5, 5.41) is 0. The molecule has 0 spiro atoms. The van der Waals surface area contributed by atoms with Gasteiger partial charge in [0.1, 0.15) is 0 Å². The standard InChI is InChI=1S/C16H42O5Si4/c1-9-13-22(5,17)19-24(7,15-11-3)21-25(8,16-12-4)20-23(6,18)14-10-2/h17-18H,9-16H2,1-8H3. The summed E-state index contributed by atoms with van der Waals surface area (Å²) in [6.45, 7) is 16.2. The zero-order valence-corrected chi connectivity index (χ0v) is 21.8. The van der Waals surface area contributed by atoms with Crippen LogP contribution in [0.15, 0.2) is 0 Å². The molecular weight excluding hydrogens is 385 g/mol. The van der Waals surface area contributed by atoms with Crippen molar-refractivity contribution in [3.63, 3.8) is 0 Å². The maximum absolute atomic E-state index is 10.7. The van der Waals surface area contributed by atoms with Crippen molar-refractivity contribution in [2.45, 2.75) is 104 Å². The Bertz CT molecular complexity index is 350. The molecule has 9 heteroatoms. The van der Waals surface area contributed by atoms with Gasteiger partial charge in [0.2, 0.25) is 0 Å². The van der Waals surface area contributed by atoms with Crippen LogP contribution in [0, 0.1) is 0 Å².